The minimum atomic E-state index is -3.27. The molecule has 2 rings (SSSR count). The molecule has 9 nitrogen and oxygen atoms in total. The first-order valence-corrected chi connectivity index (χ1v) is 9.87. The summed E-state index contributed by atoms with van der Waals surface area (Å²) in [4.78, 5) is 16.7. The summed E-state index contributed by atoms with van der Waals surface area (Å²) in [5, 5.41) is 14.7. The van der Waals surface area contributed by atoms with Crippen LogP contribution in [-0.2, 0) is 16.4 Å². The van der Waals surface area contributed by atoms with Gasteiger partial charge in [0.15, 0.2) is 9.84 Å². The Kier molecular flexibility index (Phi) is 6.33. The lowest BCUT2D eigenvalue weighted by Gasteiger charge is -2.11. The molecule has 2 aromatic rings. The van der Waals surface area contributed by atoms with E-state index in [0.717, 1.165) is 11.8 Å². The molecule has 1 aromatic heterocycles. The van der Waals surface area contributed by atoms with Gasteiger partial charge in [0, 0.05) is 25.9 Å². The van der Waals surface area contributed by atoms with Crippen LogP contribution in [0.2, 0.25) is 0 Å². The minimum absolute atomic E-state index is 0.0544. The largest absolute Gasteiger partial charge is 0.397 e. The van der Waals surface area contributed by atoms with Crippen LogP contribution in [0.3, 0.4) is 0 Å². The summed E-state index contributed by atoms with van der Waals surface area (Å²) in [6.45, 7) is 0.876. The Morgan fingerprint density at radius 1 is 1.30 bits per heavy atom. The zero-order valence-electron chi connectivity index (χ0n) is 14.7. The van der Waals surface area contributed by atoms with Gasteiger partial charge >= 0.3 is 0 Å². The second-order valence-electron chi connectivity index (χ2n) is 5.75. The SMILES string of the molecule is CS(=O)(=O)c1ccc(CNC(=O)c2cc(N)c(C#N)c(NCCN)n2)cc1. The van der Waals surface area contributed by atoms with Crippen molar-refractivity contribution in [2.45, 2.75) is 11.4 Å². The van der Waals surface area contributed by atoms with Crippen molar-refractivity contribution >= 4 is 27.2 Å². The number of anilines is 2. The standard InChI is InChI=1S/C17H20N6O3S/c1-27(25,26)12-4-2-11(3-5-12)10-22-17(24)15-8-14(20)13(9-19)16(23-15)21-7-6-18/h2-5,8H,6-7,10,18H2,1H3,(H,22,24)(H3,20,21,23). The van der Waals surface area contributed by atoms with Gasteiger partial charge in [-0.1, -0.05) is 12.1 Å². The van der Waals surface area contributed by atoms with Crippen LogP contribution >= 0.6 is 0 Å². The molecule has 0 aliphatic heterocycles. The van der Waals surface area contributed by atoms with Crippen molar-refractivity contribution in [2.24, 2.45) is 5.73 Å². The molecular formula is C17H20N6O3S. The monoisotopic (exact) mass is 388 g/mol. The van der Waals surface area contributed by atoms with E-state index in [1.165, 1.54) is 18.2 Å². The fourth-order valence-electron chi connectivity index (χ4n) is 2.24. The van der Waals surface area contributed by atoms with Gasteiger partial charge in [-0.2, -0.15) is 5.26 Å². The molecule has 0 radical (unpaired) electrons. The molecule has 0 unspecified atom stereocenters. The van der Waals surface area contributed by atoms with Gasteiger partial charge in [-0.3, -0.25) is 4.79 Å². The maximum Gasteiger partial charge on any atom is 0.270 e. The quantitative estimate of drug-likeness (QED) is 0.524. The molecule has 1 heterocycles. The lowest BCUT2D eigenvalue weighted by molar-refractivity contribution is 0.0946. The van der Waals surface area contributed by atoms with Crippen molar-refractivity contribution in [1.82, 2.24) is 10.3 Å². The molecule has 0 bridgehead atoms. The highest BCUT2D eigenvalue weighted by molar-refractivity contribution is 7.90. The highest BCUT2D eigenvalue weighted by Gasteiger charge is 2.15. The van der Waals surface area contributed by atoms with E-state index in [1.54, 1.807) is 12.1 Å². The van der Waals surface area contributed by atoms with Crippen molar-refractivity contribution in [1.29, 1.82) is 5.26 Å². The third kappa shape index (κ3) is 5.16. The van der Waals surface area contributed by atoms with Crippen LogP contribution in [-0.4, -0.2) is 38.7 Å². The number of amides is 1. The highest BCUT2D eigenvalue weighted by Crippen LogP contribution is 2.20. The van der Waals surface area contributed by atoms with Gasteiger partial charge in [0.1, 0.15) is 23.1 Å². The number of sulfone groups is 1. The van der Waals surface area contributed by atoms with E-state index in [1.807, 2.05) is 6.07 Å². The van der Waals surface area contributed by atoms with Crippen LogP contribution in [0.25, 0.3) is 0 Å². The van der Waals surface area contributed by atoms with Crippen LogP contribution in [0.5, 0.6) is 0 Å². The number of nitrogens with one attached hydrogen (secondary N) is 2. The van der Waals surface area contributed by atoms with E-state index < -0.39 is 15.7 Å². The maximum absolute atomic E-state index is 12.4. The van der Waals surface area contributed by atoms with Crippen LogP contribution in [0.15, 0.2) is 35.2 Å². The van der Waals surface area contributed by atoms with Crippen LogP contribution in [0.4, 0.5) is 11.5 Å². The number of nitrogen functional groups attached to an aromatic ring is 1. The topological polar surface area (TPSA) is 164 Å². The molecule has 10 heteroatoms. The fraction of sp³-hybridized carbons (Fsp3) is 0.235. The zero-order chi connectivity index (χ0) is 20.0. The molecule has 0 fully saturated rings. The van der Waals surface area contributed by atoms with E-state index in [0.29, 0.717) is 13.1 Å². The highest BCUT2D eigenvalue weighted by atomic mass is 32.2. The number of rotatable bonds is 7. The molecule has 0 spiro atoms. The average Bonchev–Trinajstić information content (AvgIpc) is 2.63. The number of nitrogens with zero attached hydrogens (tertiary/aromatic N) is 2. The Morgan fingerprint density at radius 3 is 2.52 bits per heavy atom. The van der Waals surface area contributed by atoms with Crippen molar-refractivity contribution < 1.29 is 13.2 Å². The van der Waals surface area contributed by atoms with Gasteiger partial charge in [-0.15, -0.1) is 0 Å². The molecule has 1 aromatic carbocycles. The van der Waals surface area contributed by atoms with Crippen molar-refractivity contribution in [3.63, 3.8) is 0 Å². The fourth-order valence-corrected chi connectivity index (χ4v) is 2.87. The summed E-state index contributed by atoms with van der Waals surface area (Å²) in [5.74, 6) is -0.278. The number of aromatic nitrogens is 1. The summed E-state index contributed by atoms with van der Waals surface area (Å²) in [5.41, 5.74) is 12.3. The Labute approximate surface area is 157 Å². The predicted molar refractivity (Wildman–Crippen MR) is 102 cm³/mol. The number of nitriles is 1. The van der Waals surface area contributed by atoms with E-state index in [-0.39, 0.29) is 34.2 Å². The number of nitrogens with two attached hydrogens (primary N) is 2. The van der Waals surface area contributed by atoms with Crippen LogP contribution < -0.4 is 22.1 Å². The Balaban J connectivity index is 2.14. The van der Waals surface area contributed by atoms with Gasteiger partial charge in [0.25, 0.3) is 5.91 Å². The smallest absolute Gasteiger partial charge is 0.270 e. The lowest BCUT2D eigenvalue weighted by atomic mass is 10.2. The van der Waals surface area contributed by atoms with Gasteiger partial charge < -0.3 is 22.1 Å². The van der Waals surface area contributed by atoms with Gasteiger partial charge in [-0.05, 0) is 23.8 Å². The molecule has 0 saturated carbocycles. The number of benzene rings is 1. The molecular weight excluding hydrogens is 368 g/mol. The Bertz CT molecular complexity index is 981. The lowest BCUT2D eigenvalue weighted by Crippen LogP contribution is -2.25. The van der Waals surface area contributed by atoms with E-state index >= 15 is 0 Å². The number of hydrogen-bond acceptors (Lipinski definition) is 8. The zero-order valence-corrected chi connectivity index (χ0v) is 15.5. The number of hydrogen-bond donors (Lipinski definition) is 4. The van der Waals surface area contributed by atoms with Crippen molar-refractivity contribution in [3.05, 3.63) is 47.2 Å². The Hall–Kier alpha value is -3.16. The van der Waals surface area contributed by atoms with Gasteiger partial charge in [0.2, 0.25) is 0 Å². The van der Waals surface area contributed by atoms with Crippen LogP contribution in [0, 0.1) is 11.3 Å². The summed E-state index contributed by atoms with van der Waals surface area (Å²) in [6, 6.07) is 9.45. The van der Waals surface area contributed by atoms with Crippen LogP contribution in [0.1, 0.15) is 21.6 Å². The number of carbonyl (C=O) groups excluding carboxylic acids is 1. The third-order valence-corrected chi connectivity index (χ3v) is 4.76. The summed E-state index contributed by atoms with van der Waals surface area (Å²) >= 11 is 0. The molecule has 0 atom stereocenters. The van der Waals surface area contributed by atoms with E-state index in [9.17, 15) is 18.5 Å². The number of carbonyl (C=O) groups is 1. The number of pyridine rings is 1. The second-order valence-corrected chi connectivity index (χ2v) is 7.76. The second kappa shape index (κ2) is 8.48. The summed E-state index contributed by atoms with van der Waals surface area (Å²) in [7, 11) is -3.27. The molecule has 27 heavy (non-hydrogen) atoms. The first-order chi connectivity index (χ1) is 12.8. The van der Waals surface area contributed by atoms with Crippen molar-refractivity contribution in [3.8, 4) is 6.07 Å². The first kappa shape index (κ1) is 20.2. The third-order valence-electron chi connectivity index (χ3n) is 3.64. The molecule has 6 N–H and O–H groups in total. The summed E-state index contributed by atoms with van der Waals surface area (Å²) in [6.07, 6.45) is 1.13. The first-order valence-electron chi connectivity index (χ1n) is 7.98. The van der Waals surface area contributed by atoms with E-state index in [2.05, 4.69) is 15.6 Å². The maximum atomic E-state index is 12.4. The molecule has 0 aliphatic carbocycles. The van der Waals surface area contributed by atoms with Gasteiger partial charge in [-0.25, -0.2) is 13.4 Å². The molecule has 1 amide bonds. The predicted octanol–water partition coefficient (Wildman–Crippen LogP) is 0.240. The summed E-state index contributed by atoms with van der Waals surface area (Å²) < 4.78 is 22.9. The Morgan fingerprint density at radius 2 is 1.96 bits per heavy atom. The molecule has 0 aliphatic rings. The molecule has 0 saturated heterocycles. The average molecular weight is 388 g/mol. The van der Waals surface area contributed by atoms with Gasteiger partial charge in [0.05, 0.1) is 10.6 Å². The normalized spacial score (nSPS) is 10.9. The van der Waals surface area contributed by atoms with Crippen molar-refractivity contribution in [2.75, 3.05) is 30.4 Å². The minimum Gasteiger partial charge on any atom is -0.397 e. The molecule has 142 valence electrons. The van der Waals surface area contributed by atoms with E-state index in [4.69, 9.17) is 11.5 Å².